The highest BCUT2D eigenvalue weighted by molar-refractivity contribution is 7.99. The van der Waals surface area contributed by atoms with E-state index in [4.69, 9.17) is 23.2 Å². The number of hydrazone groups is 1. The first-order chi connectivity index (χ1) is 15.6. The van der Waals surface area contributed by atoms with Crippen molar-refractivity contribution in [1.29, 1.82) is 0 Å². The summed E-state index contributed by atoms with van der Waals surface area (Å²) in [5.74, 6) is 0.508. The molecule has 0 saturated carbocycles. The minimum atomic E-state index is -0.249. The highest BCUT2D eigenvalue weighted by atomic mass is 35.5. The summed E-state index contributed by atoms with van der Waals surface area (Å²) in [6.07, 6.45) is 1.59. The Morgan fingerprint density at radius 3 is 2.28 bits per heavy atom. The molecule has 1 amide bonds. The van der Waals surface area contributed by atoms with Crippen LogP contribution in [0, 0.1) is 0 Å². The van der Waals surface area contributed by atoms with Gasteiger partial charge in [0.1, 0.15) is 0 Å². The van der Waals surface area contributed by atoms with Crippen molar-refractivity contribution >= 4 is 47.1 Å². The van der Waals surface area contributed by atoms with Gasteiger partial charge in [0.05, 0.1) is 12.0 Å². The zero-order valence-electron chi connectivity index (χ0n) is 16.7. The van der Waals surface area contributed by atoms with Crippen molar-refractivity contribution in [2.45, 2.75) is 5.16 Å². The summed E-state index contributed by atoms with van der Waals surface area (Å²) in [6.45, 7) is 0. The summed E-state index contributed by atoms with van der Waals surface area (Å²) in [4.78, 5) is 12.3. The van der Waals surface area contributed by atoms with Crippen molar-refractivity contribution in [3.63, 3.8) is 0 Å². The van der Waals surface area contributed by atoms with Crippen molar-refractivity contribution in [1.82, 2.24) is 20.2 Å². The van der Waals surface area contributed by atoms with Gasteiger partial charge in [0.15, 0.2) is 11.0 Å². The molecular formula is C23H17Cl2N5OS. The molecule has 0 spiro atoms. The minimum Gasteiger partial charge on any atom is -0.272 e. The van der Waals surface area contributed by atoms with Crippen molar-refractivity contribution in [2.75, 3.05) is 5.75 Å². The van der Waals surface area contributed by atoms with E-state index in [0.717, 1.165) is 16.8 Å². The van der Waals surface area contributed by atoms with Gasteiger partial charge >= 0.3 is 0 Å². The van der Waals surface area contributed by atoms with Gasteiger partial charge in [-0.3, -0.25) is 9.36 Å². The highest BCUT2D eigenvalue weighted by Crippen LogP contribution is 2.29. The average Bonchev–Trinajstić information content (AvgIpc) is 3.23. The van der Waals surface area contributed by atoms with Gasteiger partial charge in [-0.2, -0.15) is 5.10 Å². The first-order valence-corrected chi connectivity index (χ1v) is 11.3. The number of nitrogens with zero attached hydrogens (tertiary/aromatic N) is 4. The molecule has 0 aliphatic rings. The topological polar surface area (TPSA) is 72.2 Å². The van der Waals surface area contributed by atoms with E-state index in [1.165, 1.54) is 11.8 Å². The fraction of sp³-hybridized carbons (Fsp3) is 0.0435. The second-order valence-electron chi connectivity index (χ2n) is 6.62. The smallest absolute Gasteiger partial charge is 0.250 e. The maximum atomic E-state index is 12.3. The van der Waals surface area contributed by atoms with Crippen LogP contribution in [0.15, 0.2) is 89.1 Å². The number of hydrogen-bond acceptors (Lipinski definition) is 5. The third-order valence-corrected chi connectivity index (χ3v) is 5.79. The summed E-state index contributed by atoms with van der Waals surface area (Å²) < 4.78 is 1.88. The maximum Gasteiger partial charge on any atom is 0.250 e. The van der Waals surface area contributed by atoms with E-state index >= 15 is 0 Å². The zero-order valence-corrected chi connectivity index (χ0v) is 19.0. The van der Waals surface area contributed by atoms with Crippen molar-refractivity contribution in [3.8, 4) is 17.1 Å². The number of thioether (sulfide) groups is 1. The molecular weight excluding hydrogens is 465 g/mol. The molecule has 0 unspecified atom stereocenters. The van der Waals surface area contributed by atoms with Crippen LogP contribution in [0.3, 0.4) is 0 Å². The quantitative estimate of drug-likeness (QED) is 0.215. The van der Waals surface area contributed by atoms with E-state index in [1.807, 2.05) is 59.2 Å². The van der Waals surface area contributed by atoms with E-state index in [-0.39, 0.29) is 11.7 Å². The summed E-state index contributed by atoms with van der Waals surface area (Å²) in [7, 11) is 0. The fourth-order valence-corrected chi connectivity index (χ4v) is 3.85. The van der Waals surface area contributed by atoms with Gasteiger partial charge in [0, 0.05) is 21.3 Å². The molecule has 4 rings (SSSR count). The normalized spacial score (nSPS) is 11.1. The van der Waals surface area contributed by atoms with Crippen LogP contribution in [0.2, 0.25) is 10.0 Å². The molecule has 0 atom stereocenters. The van der Waals surface area contributed by atoms with Crippen LogP contribution in [0.25, 0.3) is 17.1 Å². The lowest BCUT2D eigenvalue weighted by Crippen LogP contribution is -2.20. The SMILES string of the molecule is O=C(CSc1nnc(-c2ccc(Cl)cc2)n1-c1ccc(Cl)cc1)N/N=C/c1ccccc1. The maximum absolute atomic E-state index is 12.3. The molecule has 1 N–H and O–H groups in total. The van der Waals surface area contributed by atoms with E-state index < -0.39 is 0 Å². The first kappa shape index (κ1) is 22.1. The van der Waals surface area contributed by atoms with E-state index in [2.05, 4.69) is 20.7 Å². The Kier molecular flexibility index (Phi) is 7.21. The Balaban J connectivity index is 1.53. The number of halogens is 2. The van der Waals surface area contributed by atoms with Crippen LogP contribution >= 0.6 is 35.0 Å². The molecule has 0 fully saturated rings. The van der Waals surface area contributed by atoms with Crippen LogP contribution in [0.1, 0.15) is 5.56 Å². The van der Waals surface area contributed by atoms with Crippen LogP contribution in [0.5, 0.6) is 0 Å². The number of carbonyl (C=O) groups excluding carboxylic acids is 1. The molecule has 0 radical (unpaired) electrons. The zero-order chi connectivity index (χ0) is 22.3. The Hall–Kier alpha value is -3.13. The second kappa shape index (κ2) is 10.5. The number of hydrogen-bond donors (Lipinski definition) is 1. The lowest BCUT2D eigenvalue weighted by molar-refractivity contribution is -0.118. The fourth-order valence-electron chi connectivity index (χ4n) is 2.85. The monoisotopic (exact) mass is 481 g/mol. The Morgan fingerprint density at radius 2 is 1.59 bits per heavy atom. The number of carbonyl (C=O) groups is 1. The van der Waals surface area contributed by atoms with Crippen molar-refractivity contribution in [2.24, 2.45) is 5.10 Å². The highest BCUT2D eigenvalue weighted by Gasteiger charge is 2.17. The van der Waals surface area contributed by atoms with E-state index in [0.29, 0.717) is 21.0 Å². The third-order valence-electron chi connectivity index (χ3n) is 4.36. The van der Waals surface area contributed by atoms with Gasteiger partial charge in [-0.25, -0.2) is 5.43 Å². The molecule has 0 saturated heterocycles. The summed E-state index contributed by atoms with van der Waals surface area (Å²) in [5.41, 5.74) is 5.11. The average molecular weight is 482 g/mol. The molecule has 160 valence electrons. The number of nitrogens with one attached hydrogen (secondary N) is 1. The molecule has 1 aromatic heterocycles. The number of benzene rings is 3. The summed E-state index contributed by atoms with van der Waals surface area (Å²) in [6, 6.07) is 24.2. The molecule has 6 nitrogen and oxygen atoms in total. The number of rotatable bonds is 7. The van der Waals surface area contributed by atoms with Gasteiger partial charge in [-0.1, -0.05) is 65.3 Å². The molecule has 4 aromatic rings. The van der Waals surface area contributed by atoms with Crippen molar-refractivity contribution in [3.05, 3.63) is 94.5 Å². The summed E-state index contributed by atoms with van der Waals surface area (Å²) >= 11 is 13.3. The lowest BCUT2D eigenvalue weighted by Gasteiger charge is -2.10. The van der Waals surface area contributed by atoms with Crippen LogP contribution < -0.4 is 5.43 Å². The Morgan fingerprint density at radius 1 is 0.938 bits per heavy atom. The van der Waals surface area contributed by atoms with E-state index in [1.54, 1.807) is 30.5 Å². The first-order valence-electron chi connectivity index (χ1n) is 9.57. The van der Waals surface area contributed by atoms with Gasteiger partial charge < -0.3 is 0 Å². The van der Waals surface area contributed by atoms with Crippen molar-refractivity contribution < 1.29 is 4.79 Å². The van der Waals surface area contributed by atoms with Crippen LogP contribution in [-0.2, 0) is 4.79 Å². The number of amides is 1. The minimum absolute atomic E-state index is 0.123. The molecule has 3 aromatic carbocycles. The number of aromatic nitrogens is 3. The Labute approximate surface area is 199 Å². The molecule has 32 heavy (non-hydrogen) atoms. The largest absolute Gasteiger partial charge is 0.272 e. The molecule has 0 aliphatic heterocycles. The van der Waals surface area contributed by atoms with Gasteiger partial charge in [0.2, 0.25) is 0 Å². The molecule has 9 heteroatoms. The van der Waals surface area contributed by atoms with Gasteiger partial charge in [-0.15, -0.1) is 10.2 Å². The van der Waals surface area contributed by atoms with E-state index in [9.17, 15) is 4.79 Å². The molecule has 0 bridgehead atoms. The molecule has 1 heterocycles. The predicted molar refractivity (Wildman–Crippen MR) is 130 cm³/mol. The standard InChI is InChI=1S/C23H17Cl2N5OS/c24-18-8-6-17(7-9-18)22-28-29-23(30(22)20-12-10-19(25)11-13-20)32-15-21(31)27-26-14-16-4-2-1-3-5-16/h1-14H,15H2,(H,27,31)/b26-14+. The third kappa shape index (κ3) is 5.56. The van der Waals surface area contributed by atoms with Crippen LogP contribution in [0.4, 0.5) is 0 Å². The second-order valence-corrected chi connectivity index (χ2v) is 8.43. The Bertz CT molecular complexity index is 1230. The van der Waals surface area contributed by atoms with Gasteiger partial charge in [0.25, 0.3) is 5.91 Å². The molecule has 0 aliphatic carbocycles. The van der Waals surface area contributed by atoms with Gasteiger partial charge in [-0.05, 0) is 54.1 Å². The lowest BCUT2D eigenvalue weighted by atomic mass is 10.2. The summed E-state index contributed by atoms with van der Waals surface area (Å²) in [5, 5.41) is 14.5. The predicted octanol–water partition coefficient (Wildman–Crippen LogP) is 5.48. The van der Waals surface area contributed by atoms with Crippen LogP contribution in [-0.4, -0.2) is 32.6 Å².